The predicted molar refractivity (Wildman–Crippen MR) is 94.3 cm³/mol. The lowest BCUT2D eigenvalue weighted by Gasteiger charge is -2.09. The summed E-state index contributed by atoms with van der Waals surface area (Å²) in [5.41, 5.74) is 1.73. The van der Waals surface area contributed by atoms with Crippen LogP contribution in [0.25, 0.3) is 0 Å². The van der Waals surface area contributed by atoms with Crippen molar-refractivity contribution in [2.75, 3.05) is 11.9 Å². The fourth-order valence-corrected chi connectivity index (χ4v) is 4.13. The van der Waals surface area contributed by atoms with Crippen molar-refractivity contribution in [1.29, 1.82) is 0 Å². The molecule has 0 bridgehead atoms. The van der Waals surface area contributed by atoms with Gasteiger partial charge in [0.05, 0.1) is 12.2 Å². The van der Waals surface area contributed by atoms with Crippen LogP contribution in [-0.4, -0.2) is 18.5 Å². The Morgan fingerprint density at radius 1 is 1.13 bits per heavy atom. The van der Waals surface area contributed by atoms with Gasteiger partial charge in [-0.3, -0.25) is 4.79 Å². The standard InChI is InChI=1S/C18H27NO3S/c1-3-5-11-15(20)19-17-16(18(21)22-12-4-2)13-9-7-6-8-10-14(13)23-17/h3-12H2,1-2H3,(H,19,20). The summed E-state index contributed by atoms with van der Waals surface area (Å²) in [4.78, 5) is 25.8. The molecule has 1 heterocycles. The van der Waals surface area contributed by atoms with E-state index in [0.29, 0.717) is 23.6 Å². The van der Waals surface area contributed by atoms with Gasteiger partial charge in [0.2, 0.25) is 5.91 Å². The first-order valence-electron chi connectivity index (χ1n) is 8.78. The van der Waals surface area contributed by atoms with Crippen LogP contribution in [0.15, 0.2) is 0 Å². The maximum Gasteiger partial charge on any atom is 0.341 e. The average molecular weight is 337 g/mol. The molecular formula is C18H27NO3S. The van der Waals surface area contributed by atoms with Crippen molar-refractivity contribution in [2.24, 2.45) is 0 Å². The molecule has 23 heavy (non-hydrogen) atoms. The largest absolute Gasteiger partial charge is 0.462 e. The van der Waals surface area contributed by atoms with Crippen molar-refractivity contribution < 1.29 is 14.3 Å². The van der Waals surface area contributed by atoms with Crippen LogP contribution in [0.5, 0.6) is 0 Å². The van der Waals surface area contributed by atoms with Crippen molar-refractivity contribution in [2.45, 2.75) is 71.6 Å². The molecule has 0 unspecified atom stereocenters. The van der Waals surface area contributed by atoms with E-state index in [1.54, 1.807) is 11.3 Å². The predicted octanol–water partition coefficient (Wildman–Crippen LogP) is 4.71. The molecule has 1 amide bonds. The molecule has 1 aliphatic carbocycles. The smallest absolute Gasteiger partial charge is 0.341 e. The van der Waals surface area contributed by atoms with E-state index in [1.807, 2.05) is 6.92 Å². The van der Waals surface area contributed by atoms with Crippen molar-refractivity contribution in [1.82, 2.24) is 0 Å². The summed E-state index contributed by atoms with van der Waals surface area (Å²) in [6.45, 7) is 4.47. The summed E-state index contributed by atoms with van der Waals surface area (Å²) in [5, 5.41) is 3.65. The summed E-state index contributed by atoms with van der Waals surface area (Å²) in [5.74, 6) is -0.287. The molecule has 128 valence electrons. The lowest BCUT2D eigenvalue weighted by Crippen LogP contribution is -2.15. The van der Waals surface area contributed by atoms with Crippen molar-refractivity contribution in [3.8, 4) is 0 Å². The zero-order chi connectivity index (χ0) is 16.7. The molecule has 4 nitrogen and oxygen atoms in total. The zero-order valence-corrected chi connectivity index (χ0v) is 15.0. The summed E-state index contributed by atoms with van der Waals surface area (Å²) >= 11 is 1.57. The van der Waals surface area contributed by atoms with E-state index in [2.05, 4.69) is 12.2 Å². The topological polar surface area (TPSA) is 55.4 Å². The Hall–Kier alpha value is -1.36. The van der Waals surface area contributed by atoms with Crippen LogP contribution in [0, 0.1) is 0 Å². The van der Waals surface area contributed by atoms with Gasteiger partial charge in [-0.2, -0.15) is 0 Å². The van der Waals surface area contributed by atoms with E-state index in [1.165, 1.54) is 11.3 Å². The monoisotopic (exact) mass is 337 g/mol. The minimum Gasteiger partial charge on any atom is -0.462 e. The number of hydrogen-bond donors (Lipinski definition) is 1. The van der Waals surface area contributed by atoms with Crippen LogP contribution < -0.4 is 5.32 Å². The number of anilines is 1. The third-order valence-corrected chi connectivity index (χ3v) is 5.28. The second kappa shape index (κ2) is 9.06. The first-order valence-corrected chi connectivity index (χ1v) is 9.60. The van der Waals surface area contributed by atoms with E-state index < -0.39 is 0 Å². The number of esters is 1. The van der Waals surface area contributed by atoms with Crippen LogP contribution in [0.4, 0.5) is 5.00 Å². The SMILES string of the molecule is CCCCC(=O)Nc1sc2c(c1C(=O)OCCC)CCCCC2. The number of rotatable bonds is 7. The fraction of sp³-hybridized carbons (Fsp3) is 0.667. The zero-order valence-electron chi connectivity index (χ0n) is 14.2. The molecule has 0 radical (unpaired) electrons. The maximum atomic E-state index is 12.5. The van der Waals surface area contributed by atoms with Gasteiger partial charge >= 0.3 is 5.97 Å². The molecule has 5 heteroatoms. The van der Waals surface area contributed by atoms with Crippen molar-refractivity contribution in [3.05, 3.63) is 16.0 Å². The Labute approximate surface area is 142 Å². The first kappa shape index (κ1) is 18.0. The molecule has 1 aliphatic rings. The second-order valence-corrected chi connectivity index (χ2v) is 7.16. The summed E-state index contributed by atoms with van der Waals surface area (Å²) < 4.78 is 5.36. The summed E-state index contributed by atoms with van der Waals surface area (Å²) in [6.07, 6.45) is 8.52. The van der Waals surface area contributed by atoms with Gasteiger partial charge in [0, 0.05) is 11.3 Å². The molecule has 0 aromatic carbocycles. The summed E-state index contributed by atoms with van der Waals surface area (Å²) in [6, 6.07) is 0. The normalized spacial score (nSPS) is 14.0. The number of ether oxygens (including phenoxy) is 1. The molecule has 1 aromatic heterocycles. The highest BCUT2D eigenvalue weighted by Gasteiger charge is 2.26. The molecule has 0 spiro atoms. The molecular weight excluding hydrogens is 310 g/mol. The molecule has 0 saturated heterocycles. The first-order chi connectivity index (χ1) is 11.2. The highest BCUT2D eigenvalue weighted by atomic mass is 32.1. The third kappa shape index (κ3) is 4.80. The lowest BCUT2D eigenvalue weighted by atomic mass is 10.1. The minimum absolute atomic E-state index is 0.00667. The number of unbranched alkanes of at least 4 members (excludes halogenated alkanes) is 1. The highest BCUT2D eigenvalue weighted by Crippen LogP contribution is 2.38. The van der Waals surface area contributed by atoms with Gasteiger partial charge in [-0.05, 0) is 44.1 Å². The number of thiophene rings is 1. The Balaban J connectivity index is 2.25. The Morgan fingerprint density at radius 2 is 1.91 bits per heavy atom. The van der Waals surface area contributed by atoms with Crippen LogP contribution in [0.3, 0.4) is 0 Å². The van der Waals surface area contributed by atoms with Crippen molar-refractivity contribution in [3.63, 3.8) is 0 Å². The minimum atomic E-state index is -0.281. The molecule has 0 aliphatic heterocycles. The Kier molecular flexibility index (Phi) is 7.09. The van der Waals surface area contributed by atoms with Gasteiger partial charge in [-0.1, -0.05) is 26.7 Å². The Bertz CT molecular complexity index is 551. The maximum absolute atomic E-state index is 12.5. The quantitative estimate of drug-likeness (QED) is 0.579. The Morgan fingerprint density at radius 3 is 2.65 bits per heavy atom. The van der Waals surface area contributed by atoms with Gasteiger partial charge in [0.15, 0.2) is 0 Å². The van der Waals surface area contributed by atoms with Gasteiger partial charge in [0.25, 0.3) is 0 Å². The highest BCUT2D eigenvalue weighted by molar-refractivity contribution is 7.17. The van der Waals surface area contributed by atoms with Crippen molar-refractivity contribution >= 4 is 28.2 Å². The van der Waals surface area contributed by atoms with Gasteiger partial charge in [-0.25, -0.2) is 4.79 Å². The van der Waals surface area contributed by atoms with E-state index in [4.69, 9.17) is 4.74 Å². The third-order valence-electron chi connectivity index (χ3n) is 4.07. The van der Waals surface area contributed by atoms with Crippen LogP contribution >= 0.6 is 11.3 Å². The number of carbonyl (C=O) groups excluding carboxylic acids is 2. The molecule has 0 saturated carbocycles. The van der Waals surface area contributed by atoms with E-state index >= 15 is 0 Å². The molecule has 1 aromatic rings. The van der Waals surface area contributed by atoms with Gasteiger partial charge in [0.1, 0.15) is 5.00 Å². The molecule has 2 rings (SSSR count). The van der Waals surface area contributed by atoms with Gasteiger partial charge < -0.3 is 10.1 Å². The van der Waals surface area contributed by atoms with Crippen LogP contribution in [0.1, 0.15) is 79.6 Å². The average Bonchev–Trinajstić information content (AvgIpc) is 2.71. The molecule has 1 N–H and O–H groups in total. The van der Waals surface area contributed by atoms with Crippen LogP contribution in [-0.2, 0) is 22.4 Å². The van der Waals surface area contributed by atoms with E-state index in [-0.39, 0.29) is 11.9 Å². The second-order valence-electron chi connectivity index (χ2n) is 6.06. The molecule has 0 atom stereocenters. The number of fused-ring (bicyclic) bond motifs is 1. The number of nitrogens with one attached hydrogen (secondary N) is 1. The number of aryl methyl sites for hydroxylation is 1. The van der Waals surface area contributed by atoms with E-state index in [9.17, 15) is 9.59 Å². The van der Waals surface area contributed by atoms with Crippen LogP contribution in [0.2, 0.25) is 0 Å². The van der Waals surface area contributed by atoms with Gasteiger partial charge in [-0.15, -0.1) is 11.3 Å². The number of amides is 1. The number of hydrogen-bond acceptors (Lipinski definition) is 4. The fourth-order valence-electron chi connectivity index (χ4n) is 2.84. The number of carbonyl (C=O) groups is 2. The lowest BCUT2D eigenvalue weighted by molar-refractivity contribution is -0.116. The molecule has 0 fully saturated rings. The van der Waals surface area contributed by atoms with E-state index in [0.717, 1.165) is 50.5 Å². The summed E-state index contributed by atoms with van der Waals surface area (Å²) in [7, 11) is 0.